The fourth-order valence-corrected chi connectivity index (χ4v) is 4.29. The van der Waals surface area contributed by atoms with Crippen molar-refractivity contribution >= 4 is 17.2 Å². The van der Waals surface area contributed by atoms with Crippen LogP contribution in [-0.4, -0.2) is 17.5 Å². The number of aryl methyl sites for hydroxylation is 2. The highest BCUT2D eigenvalue weighted by molar-refractivity contribution is 7.11. The number of aromatic nitrogens is 1. The topological polar surface area (TPSA) is 51.2 Å². The zero-order valence-corrected chi connectivity index (χ0v) is 13.3. The van der Waals surface area contributed by atoms with Crippen LogP contribution in [0.4, 0.5) is 0 Å². The number of nitrogens with zero attached hydrogens (tertiary/aromatic N) is 1. The SMILES string of the molecule is Cc1nc2c(s1)CCC[C@@H]2NC(=O)c1ccc2c(c1)CCO2. The Kier molecular flexibility index (Phi) is 3.37. The van der Waals surface area contributed by atoms with E-state index in [1.54, 1.807) is 11.3 Å². The average molecular weight is 314 g/mol. The minimum atomic E-state index is -0.0156. The first-order valence-corrected chi connectivity index (χ1v) is 8.55. The molecule has 1 amide bonds. The fraction of sp³-hybridized carbons (Fsp3) is 0.412. The van der Waals surface area contributed by atoms with Crippen LogP contribution in [-0.2, 0) is 12.8 Å². The lowest BCUT2D eigenvalue weighted by Gasteiger charge is -2.22. The van der Waals surface area contributed by atoms with Crippen molar-refractivity contribution in [3.63, 3.8) is 0 Å². The summed E-state index contributed by atoms with van der Waals surface area (Å²) in [5.74, 6) is 0.893. The third-order valence-corrected chi connectivity index (χ3v) is 5.36. The van der Waals surface area contributed by atoms with E-state index in [-0.39, 0.29) is 11.9 Å². The molecular weight excluding hydrogens is 296 g/mol. The first-order valence-electron chi connectivity index (χ1n) is 7.73. The van der Waals surface area contributed by atoms with Crippen molar-refractivity contribution in [3.05, 3.63) is 44.9 Å². The summed E-state index contributed by atoms with van der Waals surface area (Å²) >= 11 is 1.75. The van der Waals surface area contributed by atoms with Crippen LogP contribution in [0.3, 0.4) is 0 Å². The van der Waals surface area contributed by atoms with E-state index in [1.165, 1.54) is 4.88 Å². The van der Waals surface area contributed by atoms with Crippen molar-refractivity contribution in [2.45, 2.75) is 38.6 Å². The minimum absolute atomic E-state index is 0.0156. The number of hydrogen-bond acceptors (Lipinski definition) is 4. The first-order chi connectivity index (χ1) is 10.7. The lowest BCUT2D eigenvalue weighted by molar-refractivity contribution is 0.0932. The maximum absolute atomic E-state index is 12.6. The highest BCUT2D eigenvalue weighted by Gasteiger charge is 2.26. The van der Waals surface area contributed by atoms with Crippen molar-refractivity contribution in [2.75, 3.05) is 6.61 Å². The van der Waals surface area contributed by atoms with Gasteiger partial charge in [0.05, 0.1) is 23.4 Å². The van der Waals surface area contributed by atoms with Gasteiger partial charge >= 0.3 is 0 Å². The number of carbonyl (C=O) groups excluding carboxylic acids is 1. The van der Waals surface area contributed by atoms with Crippen LogP contribution in [0.5, 0.6) is 5.75 Å². The Labute approximate surface area is 133 Å². The number of benzene rings is 1. The second-order valence-corrected chi connectivity index (χ2v) is 7.17. The van der Waals surface area contributed by atoms with Gasteiger partial charge in [0.2, 0.25) is 0 Å². The van der Waals surface area contributed by atoms with Gasteiger partial charge in [0.15, 0.2) is 0 Å². The second-order valence-electron chi connectivity index (χ2n) is 5.88. The standard InChI is InChI=1S/C17H18N2O2S/c1-10-18-16-13(3-2-4-15(16)22-10)19-17(20)12-5-6-14-11(9-12)7-8-21-14/h5-6,9,13H,2-4,7-8H2,1H3,(H,19,20)/t13-/m0/s1. The molecule has 2 heterocycles. The summed E-state index contributed by atoms with van der Waals surface area (Å²) in [5, 5.41) is 4.24. The Morgan fingerprint density at radius 3 is 3.23 bits per heavy atom. The maximum atomic E-state index is 12.6. The number of ether oxygens (including phenoxy) is 1. The first kappa shape index (κ1) is 13.8. The van der Waals surface area contributed by atoms with E-state index in [0.717, 1.165) is 47.7 Å². The average Bonchev–Trinajstić information content (AvgIpc) is 3.12. The van der Waals surface area contributed by atoms with E-state index in [4.69, 9.17) is 4.74 Å². The second kappa shape index (κ2) is 5.39. The summed E-state index contributed by atoms with van der Waals surface area (Å²) in [5.41, 5.74) is 2.91. The molecule has 4 rings (SSSR count). The van der Waals surface area contributed by atoms with E-state index >= 15 is 0 Å². The molecule has 1 N–H and O–H groups in total. The molecule has 5 heteroatoms. The molecule has 4 nitrogen and oxygen atoms in total. The molecule has 1 aliphatic heterocycles. The van der Waals surface area contributed by atoms with E-state index < -0.39 is 0 Å². The van der Waals surface area contributed by atoms with E-state index in [1.807, 2.05) is 25.1 Å². The van der Waals surface area contributed by atoms with Gasteiger partial charge in [-0.05, 0) is 49.9 Å². The van der Waals surface area contributed by atoms with Crippen molar-refractivity contribution in [2.24, 2.45) is 0 Å². The molecule has 0 spiro atoms. The molecular formula is C17H18N2O2S. The minimum Gasteiger partial charge on any atom is -0.493 e. The van der Waals surface area contributed by atoms with Gasteiger partial charge in [0.25, 0.3) is 5.91 Å². The van der Waals surface area contributed by atoms with Gasteiger partial charge in [-0.25, -0.2) is 4.98 Å². The summed E-state index contributed by atoms with van der Waals surface area (Å²) in [6, 6.07) is 5.74. The van der Waals surface area contributed by atoms with Crippen molar-refractivity contribution < 1.29 is 9.53 Å². The van der Waals surface area contributed by atoms with Gasteiger partial charge < -0.3 is 10.1 Å². The van der Waals surface area contributed by atoms with Crippen LogP contribution < -0.4 is 10.1 Å². The number of amides is 1. The summed E-state index contributed by atoms with van der Waals surface area (Å²) < 4.78 is 5.49. The Hall–Kier alpha value is -1.88. The van der Waals surface area contributed by atoms with Crippen LogP contribution in [0, 0.1) is 6.92 Å². The van der Waals surface area contributed by atoms with Crippen LogP contribution in [0.15, 0.2) is 18.2 Å². The molecule has 2 aliphatic rings. The number of rotatable bonds is 2. The van der Waals surface area contributed by atoms with Crippen LogP contribution in [0.2, 0.25) is 0 Å². The summed E-state index contributed by atoms with van der Waals surface area (Å²) in [7, 11) is 0. The molecule has 0 bridgehead atoms. The van der Waals surface area contributed by atoms with E-state index in [9.17, 15) is 4.79 Å². The number of thiazole rings is 1. The summed E-state index contributed by atoms with van der Waals surface area (Å²) in [6.45, 7) is 2.74. The van der Waals surface area contributed by atoms with E-state index in [2.05, 4.69) is 10.3 Å². The Bertz CT molecular complexity index is 738. The largest absolute Gasteiger partial charge is 0.493 e. The van der Waals surface area contributed by atoms with Gasteiger partial charge in [-0.3, -0.25) is 4.79 Å². The van der Waals surface area contributed by atoms with Crippen molar-refractivity contribution in [1.82, 2.24) is 10.3 Å². The molecule has 0 radical (unpaired) electrons. The number of fused-ring (bicyclic) bond motifs is 2. The quantitative estimate of drug-likeness (QED) is 0.926. The molecule has 0 fully saturated rings. The molecule has 0 unspecified atom stereocenters. The highest BCUT2D eigenvalue weighted by atomic mass is 32.1. The number of nitrogens with one attached hydrogen (secondary N) is 1. The molecule has 0 saturated carbocycles. The van der Waals surface area contributed by atoms with Crippen LogP contribution >= 0.6 is 11.3 Å². The van der Waals surface area contributed by atoms with Gasteiger partial charge in [-0.15, -0.1) is 11.3 Å². The number of hydrogen-bond donors (Lipinski definition) is 1. The van der Waals surface area contributed by atoms with Crippen molar-refractivity contribution in [1.29, 1.82) is 0 Å². The molecule has 2 aromatic rings. The van der Waals surface area contributed by atoms with Gasteiger partial charge in [-0.2, -0.15) is 0 Å². The Morgan fingerprint density at radius 2 is 2.32 bits per heavy atom. The van der Waals surface area contributed by atoms with Gasteiger partial charge in [-0.1, -0.05) is 0 Å². The molecule has 1 aliphatic carbocycles. The monoisotopic (exact) mass is 314 g/mol. The predicted molar refractivity (Wildman–Crippen MR) is 85.6 cm³/mol. The third kappa shape index (κ3) is 2.39. The number of carbonyl (C=O) groups is 1. The van der Waals surface area contributed by atoms with Gasteiger partial charge in [0, 0.05) is 16.9 Å². The highest BCUT2D eigenvalue weighted by Crippen LogP contribution is 2.33. The molecule has 114 valence electrons. The maximum Gasteiger partial charge on any atom is 0.251 e. The third-order valence-electron chi connectivity index (χ3n) is 4.32. The molecule has 1 atom stereocenters. The van der Waals surface area contributed by atoms with Crippen molar-refractivity contribution in [3.8, 4) is 5.75 Å². The molecule has 0 saturated heterocycles. The predicted octanol–water partition coefficient (Wildman–Crippen LogP) is 3.19. The fourth-order valence-electron chi connectivity index (χ4n) is 3.25. The molecule has 1 aromatic carbocycles. The molecule has 22 heavy (non-hydrogen) atoms. The Morgan fingerprint density at radius 1 is 1.41 bits per heavy atom. The summed E-state index contributed by atoms with van der Waals surface area (Å²) in [6.07, 6.45) is 4.05. The smallest absolute Gasteiger partial charge is 0.251 e. The van der Waals surface area contributed by atoms with Crippen LogP contribution in [0.1, 0.15) is 50.4 Å². The lowest BCUT2D eigenvalue weighted by Crippen LogP contribution is -2.31. The summed E-state index contributed by atoms with van der Waals surface area (Å²) in [4.78, 5) is 18.5. The molecule has 1 aromatic heterocycles. The van der Waals surface area contributed by atoms with Crippen LogP contribution in [0.25, 0.3) is 0 Å². The lowest BCUT2D eigenvalue weighted by atomic mass is 9.97. The Balaban J connectivity index is 1.55. The normalized spacial score (nSPS) is 19.2. The zero-order valence-electron chi connectivity index (χ0n) is 12.5. The van der Waals surface area contributed by atoms with Gasteiger partial charge in [0.1, 0.15) is 5.75 Å². The van der Waals surface area contributed by atoms with E-state index in [0.29, 0.717) is 12.2 Å². The zero-order chi connectivity index (χ0) is 15.1.